The number of Topliss-reactive ketones (excluding diaryl/α,β-unsaturated/α-hetero) is 1. The molecule has 0 aliphatic rings. The van der Waals surface area contributed by atoms with E-state index in [2.05, 4.69) is 31.4 Å². The Bertz CT molecular complexity index is 668. The van der Waals surface area contributed by atoms with E-state index in [1.54, 1.807) is 30.3 Å². The average Bonchev–Trinajstić information content (AvgIpc) is 2.63. The zero-order valence-electron chi connectivity index (χ0n) is 17.0. The number of aliphatic hydroxyl groups is 1. The number of hydrogen-bond acceptors (Lipinski definition) is 5. The Morgan fingerprint density at radius 3 is 1.96 bits per heavy atom. The normalized spacial score (nSPS) is 11.7. The molecule has 8 nitrogen and oxygen atoms in total. The smallest absolute Gasteiger partial charge is 0.316 e. The van der Waals surface area contributed by atoms with Gasteiger partial charge in [-0.1, -0.05) is 39.0 Å². The van der Waals surface area contributed by atoms with Crippen molar-refractivity contribution >= 4 is 23.6 Å². The third-order valence-corrected chi connectivity index (χ3v) is 3.50. The van der Waals surface area contributed by atoms with Gasteiger partial charge in [0.05, 0.1) is 13.2 Å². The zero-order chi connectivity index (χ0) is 21.9. The zero-order valence-corrected chi connectivity index (χ0v) is 17.0. The van der Waals surface area contributed by atoms with E-state index in [9.17, 15) is 24.3 Å². The Kier molecular flexibility index (Phi) is 10.7. The highest BCUT2D eigenvalue weighted by atomic mass is 16.4. The molecule has 0 radical (unpaired) electrons. The van der Waals surface area contributed by atoms with Crippen LogP contribution in [-0.4, -0.2) is 53.0 Å². The molecule has 1 aromatic rings. The molecule has 1 rings (SSSR count). The molecule has 0 spiro atoms. The standard InChI is InChI=1S/C16H20N2O6.C4H10/c1-16(2,15(23)24)12(20)8-17-14(22)11(9-19)18-13(21)10-6-4-3-5-7-10;1-4(2)3/h3-7,11,19H,8-9H2,1-2H3,(H,17,22)(H,18,21)(H,23,24);4H,1-3H3. The lowest BCUT2D eigenvalue weighted by atomic mass is 9.88. The van der Waals surface area contributed by atoms with E-state index >= 15 is 0 Å². The summed E-state index contributed by atoms with van der Waals surface area (Å²) in [4.78, 5) is 46.7. The number of rotatable bonds is 8. The van der Waals surface area contributed by atoms with Gasteiger partial charge in [-0.3, -0.25) is 19.2 Å². The van der Waals surface area contributed by atoms with Gasteiger partial charge in [0.25, 0.3) is 5.91 Å². The van der Waals surface area contributed by atoms with Crippen molar-refractivity contribution in [2.24, 2.45) is 11.3 Å². The van der Waals surface area contributed by atoms with Crippen molar-refractivity contribution < 1.29 is 29.4 Å². The van der Waals surface area contributed by atoms with Crippen LogP contribution in [-0.2, 0) is 14.4 Å². The Morgan fingerprint density at radius 1 is 1.04 bits per heavy atom. The number of ketones is 1. The minimum atomic E-state index is -1.64. The van der Waals surface area contributed by atoms with Gasteiger partial charge in [-0.15, -0.1) is 0 Å². The first-order valence-electron chi connectivity index (χ1n) is 8.94. The molecule has 2 amide bonds. The van der Waals surface area contributed by atoms with E-state index in [1.165, 1.54) is 13.8 Å². The average molecular weight is 394 g/mol. The number of amides is 2. The lowest BCUT2D eigenvalue weighted by Crippen LogP contribution is -2.51. The number of aliphatic hydroxyl groups excluding tert-OH is 1. The molecular weight excluding hydrogens is 364 g/mol. The van der Waals surface area contributed by atoms with Crippen molar-refractivity contribution in [3.05, 3.63) is 35.9 Å². The number of benzene rings is 1. The van der Waals surface area contributed by atoms with Gasteiger partial charge in [-0.2, -0.15) is 0 Å². The Labute approximate surface area is 165 Å². The number of carboxylic acids is 1. The van der Waals surface area contributed by atoms with Crippen LogP contribution in [0.3, 0.4) is 0 Å². The summed E-state index contributed by atoms with van der Waals surface area (Å²) in [6.45, 7) is 7.77. The number of nitrogens with one attached hydrogen (secondary N) is 2. The van der Waals surface area contributed by atoms with Gasteiger partial charge in [-0.05, 0) is 31.9 Å². The molecule has 0 aliphatic heterocycles. The molecular formula is C20H30N2O6. The van der Waals surface area contributed by atoms with E-state index in [0.29, 0.717) is 5.56 Å². The van der Waals surface area contributed by atoms with Crippen LogP contribution in [0.5, 0.6) is 0 Å². The monoisotopic (exact) mass is 394 g/mol. The van der Waals surface area contributed by atoms with Crippen molar-refractivity contribution in [1.82, 2.24) is 10.6 Å². The highest BCUT2D eigenvalue weighted by molar-refractivity contribution is 6.04. The maximum Gasteiger partial charge on any atom is 0.316 e. The maximum atomic E-state index is 12.0. The van der Waals surface area contributed by atoms with Crippen LogP contribution in [0.15, 0.2) is 30.3 Å². The quantitative estimate of drug-likeness (QED) is 0.490. The summed E-state index contributed by atoms with van der Waals surface area (Å²) < 4.78 is 0. The fraction of sp³-hybridized carbons (Fsp3) is 0.500. The van der Waals surface area contributed by atoms with Crippen LogP contribution in [0.1, 0.15) is 45.0 Å². The van der Waals surface area contributed by atoms with Crippen molar-refractivity contribution in [3.63, 3.8) is 0 Å². The molecule has 0 fully saturated rings. The fourth-order valence-electron chi connectivity index (χ4n) is 1.66. The van der Waals surface area contributed by atoms with Crippen LogP contribution >= 0.6 is 0 Å². The number of carbonyl (C=O) groups is 4. The molecule has 0 aromatic heterocycles. The summed E-state index contributed by atoms with van der Waals surface area (Å²) in [7, 11) is 0. The van der Waals surface area contributed by atoms with E-state index in [4.69, 9.17) is 5.11 Å². The highest BCUT2D eigenvalue weighted by Crippen LogP contribution is 2.15. The lowest BCUT2D eigenvalue weighted by molar-refractivity contribution is -0.152. The lowest BCUT2D eigenvalue weighted by Gasteiger charge is -2.20. The van der Waals surface area contributed by atoms with Crippen LogP contribution < -0.4 is 10.6 Å². The molecule has 4 N–H and O–H groups in total. The number of carbonyl (C=O) groups excluding carboxylic acids is 3. The summed E-state index contributed by atoms with van der Waals surface area (Å²) in [6, 6.07) is 6.85. The van der Waals surface area contributed by atoms with Gasteiger partial charge in [0, 0.05) is 5.56 Å². The molecule has 28 heavy (non-hydrogen) atoms. The third kappa shape index (κ3) is 8.77. The summed E-state index contributed by atoms with van der Waals surface area (Å²) in [5.74, 6) is -2.51. The first-order valence-corrected chi connectivity index (χ1v) is 8.94. The maximum absolute atomic E-state index is 12.0. The van der Waals surface area contributed by atoms with Crippen LogP contribution in [0, 0.1) is 11.3 Å². The molecule has 1 atom stereocenters. The number of hydrogen-bond donors (Lipinski definition) is 4. The molecule has 0 heterocycles. The Balaban J connectivity index is 0.00000165. The van der Waals surface area contributed by atoms with Gasteiger partial charge < -0.3 is 20.8 Å². The minimum Gasteiger partial charge on any atom is -0.481 e. The first kappa shape index (κ1) is 25.3. The van der Waals surface area contributed by atoms with Gasteiger partial charge >= 0.3 is 5.97 Å². The Hall–Kier alpha value is -2.74. The third-order valence-electron chi connectivity index (χ3n) is 3.50. The molecule has 8 heteroatoms. The van der Waals surface area contributed by atoms with Crippen LogP contribution in [0.2, 0.25) is 0 Å². The second-order valence-corrected chi connectivity index (χ2v) is 7.38. The Morgan fingerprint density at radius 2 is 1.54 bits per heavy atom. The summed E-state index contributed by atoms with van der Waals surface area (Å²) in [5.41, 5.74) is -1.33. The fourth-order valence-corrected chi connectivity index (χ4v) is 1.66. The van der Waals surface area contributed by atoms with E-state index in [-0.39, 0.29) is 0 Å². The van der Waals surface area contributed by atoms with Crippen molar-refractivity contribution in [2.75, 3.05) is 13.2 Å². The number of aliphatic carboxylic acids is 1. The summed E-state index contributed by atoms with van der Waals surface area (Å²) in [6.07, 6.45) is 0. The van der Waals surface area contributed by atoms with Gasteiger partial charge in [0.2, 0.25) is 5.91 Å². The van der Waals surface area contributed by atoms with Gasteiger partial charge in [-0.25, -0.2) is 0 Å². The summed E-state index contributed by atoms with van der Waals surface area (Å²) >= 11 is 0. The largest absolute Gasteiger partial charge is 0.481 e. The predicted octanol–water partition coefficient (Wildman–Crippen LogP) is 1.24. The van der Waals surface area contributed by atoms with E-state index in [1.807, 2.05) is 0 Å². The number of carboxylic acid groups (broad SMARTS) is 1. The van der Waals surface area contributed by atoms with Gasteiger partial charge in [0.1, 0.15) is 11.5 Å². The SMILES string of the molecule is CC(C)(C(=O)O)C(=O)CNC(=O)C(CO)NC(=O)c1ccccc1.CC(C)C. The first-order chi connectivity index (χ1) is 12.9. The highest BCUT2D eigenvalue weighted by Gasteiger charge is 2.35. The van der Waals surface area contributed by atoms with Crippen molar-refractivity contribution in [1.29, 1.82) is 0 Å². The van der Waals surface area contributed by atoms with Crippen LogP contribution in [0.25, 0.3) is 0 Å². The van der Waals surface area contributed by atoms with Crippen LogP contribution in [0.4, 0.5) is 0 Å². The topological polar surface area (TPSA) is 133 Å². The van der Waals surface area contributed by atoms with E-state index < -0.39 is 48.2 Å². The molecule has 0 bridgehead atoms. The van der Waals surface area contributed by atoms with Crippen molar-refractivity contribution in [2.45, 2.75) is 40.7 Å². The molecule has 0 saturated carbocycles. The van der Waals surface area contributed by atoms with Gasteiger partial charge in [0.15, 0.2) is 5.78 Å². The molecule has 0 aliphatic carbocycles. The second-order valence-electron chi connectivity index (χ2n) is 7.38. The predicted molar refractivity (Wildman–Crippen MR) is 105 cm³/mol. The van der Waals surface area contributed by atoms with Crippen molar-refractivity contribution in [3.8, 4) is 0 Å². The molecule has 1 unspecified atom stereocenters. The molecule has 0 saturated heterocycles. The minimum absolute atomic E-state index is 0.312. The molecule has 1 aromatic carbocycles. The molecule has 156 valence electrons. The van der Waals surface area contributed by atoms with E-state index in [0.717, 1.165) is 5.92 Å². The second kappa shape index (κ2) is 11.9. The summed E-state index contributed by atoms with van der Waals surface area (Å²) in [5, 5.41) is 22.8.